The minimum atomic E-state index is 0.0863. The molecule has 0 aliphatic rings. The molecule has 1 heterocycles. The highest BCUT2D eigenvalue weighted by atomic mass is 16.3. The molecule has 110 valence electrons. The predicted molar refractivity (Wildman–Crippen MR) is 82.9 cm³/mol. The molecule has 4 heteroatoms. The highest BCUT2D eigenvalue weighted by Gasteiger charge is 2.14. The van der Waals surface area contributed by atoms with E-state index in [2.05, 4.69) is 35.9 Å². The summed E-state index contributed by atoms with van der Waals surface area (Å²) < 4.78 is 2.25. The number of nitrogens with zero attached hydrogens (tertiary/aromatic N) is 2. The molecule has 0 saturated carbocycles. The van der Waals surface area contributed by atoms with Crippen LogP contribution in [0.4, 0.5) is 0 Å². The Hall–Kier alpha value is -1.39. The zero-order valence-electron chi connectivity index (χ0n) is 12.5. The molecule has 0 amide bonds. The molecular formula is C16H25N3O. The van der Waals surface area contributed by atoms with Gasteiger partial charge in [-0.15, -0.1) is 0 Å². The van der Waals surface area contributed by atoms with Crippen LogP contribution in [0.5, 0.6) is 0 Å². The highest BCUT2D eigenvalue weighted by molar-refractivity contribution is 5.75. The molecule has 1 aromatic heterocycles. The summed E-state index contributed by atoms with van der Waals surface area (Å²) >= 11 is 0. The predicted octanol–water partition coefficient (Wildman–Crippen LogP) is 2.35. The third kappa shape index (κ3) is 3.38. The van der Waals surface area contributed by atoms with Gasteiger partial charge < -0.3 is 15.0 Å². The van der Waals surface area contributed by atoms with Crippen molar-refractivity contribution in [1.29, 1.82) is 0 Å². The van der Waals surface area contributed by atoms with E-state index in [0.717, 1.165) is 49.2 Å². The minimum Gasteiger partial charge on any atom is -0.395 e. The van der Waals surface area contributed by atoms with Crippen molar-refractivity contribution in [3.05, 3.63) is 30.1 Å². The third-order valence-electron chi connectivity index (χ3n) is 3.51. The van der Waals surface area contributed by atoms with Crippen LogP contribution >= 0.6 is 0 Å². The summed E-state index contributed by atoms with van der Waals surface area (Å²) in [6.45, 7) is 6.16. The van der Waals surface area contributed by atoms with Gasteiger partial charge in [0, 0.05) is 19.0 Å². The second-order valence-electron chi connectivity index (χ2n) is 5.21. The minimum absolute atomic E-state index is 0.0863. The van der Waals surface area contributed by atoms with Crippen molar-refractivity contribution >= 4 is 11.0 Å². The monoisotopic (exact) mass is 275 g/mol. The standard InChI is InChI=1S/C16H25N3O/c1-3-7-16-18-14-8-5-6-9-15(14)19(16)11-13(12-20)17-10-4-2/h5-6,8-9,13,17,20H,3-4,7,10-12H2,1-2H3. The van der Waals surface area contributed by atoms with Crippen molar-refractivity contribution in [2.24, 2.45) is 0 Å². The Morgan fingerprint density at radius 3 is 2.75 bits per heavy atom. The van der Waals surface area contributed by atoms with Gasteiger partial charge >= 0.3 is 0 Å². The summed E-state index contributed by atoms with van der Waals surface area (Å²) in [5.41, 5.74) is 2.20. The molecule has 0 bridgehead atoms. The number of aliphatic hydroxyl groups excluding tert-OH is 1. The molecule has 0 radical (unpaired) electrons. The normalized spacial score (nSPS) is 12.9. The van der Waals surface area contributed by atoms with Crippen LogP contribution in [0.15, 0.2) is 24.3 Å². The molecule has 0 aliphatic heterocycles. The van der Waals surface area contributed by atoms with E-state index in [4.69, 9.17) is 4.98 Å². The molecule has 1 unspecified atom stereocenters. The molecule has 0 fully saturated rings. The summed E-state index contributed by atoms with van der Waals surface area (Å²) in [4.78, 5) is 4.72. The van der Waals surface area contributed by atoms with Gasteiger partial charge in [-0.3, -0.25) is 0 Å². The molecule has 20 heavy (non-hydrogen) atoms. The summed E-state index contributed by atoms with van der Waals surface area (Å²) in [5, 5.41) is 12.9. The molecular weight excluding hydrogens is 250 g/mol. The van der Waals surface area contributed by atoms with E-state index in [-0.39, 0.29) is 12.6 Å². The lowest BCUT2D eigenvalue weighted by atomic mass is 10.2. The summed E-state index contributed by atoms with van der Waals surface area (Å²) in [5.74, 6) is 1.12. The molecule has 1 aromatic carbocycles. The van der Waals surface area contributed by atoms with Gasteiger partial charge in [-0.05, 0) is 31.5 Å². The molecule has 2 N–H and O–H groups in total. The van der Waals surface area contributed by atoms with Gasteiger partial charge in [0.2, 0.25) is 0 Å². The number of hydrogen-bond acceptors (Lipinski definition) is 3. The van der Waals surface area contributed by atoms with Crippen LogP contribution in [-0.2, 0) is 13.0 Å². The largest absolute Gasteiger partial charge is 0.395 e. The van der Waals surface area contributed by atoms with Gasteiger partial charge in [0.1, 0.15) is 5.82 Å². The van der Waals surface area contributed by atoms with E-state index < -0.39 is 0 Å². The number of aryl methyl sites for hydroxylation is 1. The van der Waals surface area contributed by atoms with Crippen LogP contribution in [-0.4, -0.2) is 33.9 Å². The van der Waals surface area contributed by atoms with Crippen molar-refractivity contribution in [2.75, 3.05) is 13.2 Å². The second kappa shape index (κ2) is 7.41. The summed E-state index contributed by atoms with van der Waals surface area (Å²) in [6, 6.07) is 8.31. The maximum absolute atomic E-state index is 9.55. The van der Waals surface area contributed by atoms with E-state index in [1.807, 2.05) is 12.1 Å². The Bertz CT molecular complexity index is 536. The smallest absolute Gasteiger partial charge is 0.109 e. The van der Waals surface area contributed by atoms with Crippen molar-refractivity contribution in [1.82, 2.24) is 14.9 Å². The van der Waals surface area contributed by atoms with Gasteiger partial charge in [0.25, 0.3) is 0 Å². The maximum atomic E-state index is 9.55. The average Bonchev–Trinajstić information content (AvgIpc) is 2.81. The first-order valence-electron chi connectivity index (χ1n) is 7.58. The SMILES string of the molecule is CCCNC(CO)Cn1c(CCC)nc2ccccc21. The van der Waals surface area contributed by atoms with Crippen LogP contribution in [0, 0.1) is 0 Å². The Morgan fingerprint density at radius 2 is 2.05 bits per heavy atom. The Morgan fingerprint density at radius 1 is 1.25 bits per heavy atom. The Balaban J connectivity index is 2.27. The molecule has 4 nitrogen and oxygen atoms in total. The second-order valence-corrected chi connectivity index (χ2v) is 5.21. The fourth-order valence-corrected chi connectivity index (χ4v) is 2.50. The zero-order valence-corrected chi connectivity index (χ0v) is 12.5. The molecule has 0 aliphatic carbocycles. The van der Waals surface area contributed by atoms with Crippen molar-refractivity contribution < 1.29 is 5.11 Å². The molecule has 0 spiro atoms. The van der Waals surface area contributed by atoms with Crippen LogP contribution in [0.2, 0.25) is 0 Å². The molecule has 1 atom stereocenters. The number of nitrogens with one attached hydrogen (secondary N) is 1. The fraction of sp³-hybridized carbons (Fsp3) is 0.562. The van der Waals surface area contributed by atoms with Crippen molar-refractivity contribution in [2.45, 2.75) is 45.7 Å². The highest BCUT2D eigenvalue weighted by Crippen LogP contribution is 2.17. The average molecular weight is 275 g/mol. The van der Waals surface area contributed by atoms with Gasteiger partial charge in [0.05, 0.1) is 17.6 Å². The van der Waals surface area contributed by atoms with Gasteiger partial charge in [-0.2, -0.15) is 0 Å². The maximum Gasteiger partial charge on any atom is 0.109 e. The van der Waals surface area contributed by atoms with E-state index in [9.17, 15) is 5.11 Å². The quantitative estimate of drug-likeness (QED) is 0.777. The zero-order chi connectivity index (χ0) is 14.4. The first kappa shape index (κ1) is 15.0. The van der Waals surface area contributed by atoms with E-state index >= 15 is 0 Å². The number of imidazole rings is 1. The van der Waals surface area contributed by atoms with E-state index in [1.54, 1.807) is 0 Å². The van der Waals surface area contributed by atoms with E-state index in [0.29, 0.717) is 0 Å². The summed E-state index contributed by atoms with van der Waals surface area (Å²) in [7, 11) is 0. The van der Waals surface area contributed by atoms with Gasteiger partial charge in [0.15, 0.2) is 0 Å². The number of aliphatic hydroxyl groups is 1. The van der Waals surface area contributed by atoms with Crippen molar-refractivity contribution in [3.8, 4) is 0 Å². The lowest BCUT2D eigenvalue weighted by molar-refractivity contribution is 0.229. The van der Waals surface area contributed by atoms with Crippen LogP contribution in [0.3, 0.4) is 0 Å². The topological polar surface area (TPSA) is 50.1 Å². The number of para-hydroxylation sites is 2. The van der Waals surface area contributed by atoms with Crippen LogP contribution < -0.4 is 5.32 Å². The van der Waals surface area contributed by atoms with Crippen LogP contribution in [0.25, 0.3) is 11.0 Å². The molecule has 2 rings (SSSR count). The number of hydrogen-bond donors (Lipinski definition) is 2. The number of benzene rings is 1. The number of fused-ring (bicyclic) bond motifs is 1. The van der Waals surface area contributed by atoms with Gasteiger partial charge in [-0.25, -0.2) is 4.98 Å². The Kier molecular flexibility index (Phi) is 5.56. The fourth-order valence-electron chi connectivity index (χ4n) is 2.50. The van der Waals surface area contributed by atoms with E-state index in [1.165, 1.54) is 0 Å². The lowest BCUT2D eigenvalue weighted by Gasteiger charge is -2.18. The first-order chi connectivity index (χ1) is 9.80. The van der Waals surface area contributed by atoms with Gasteiger partial charge in [-0.1, -0.05) is 26.0 Å². The molecule has 0 saturated heterocycles. The third-order valence-corrected chi connectivity index (χ3v) is 3.51. The summed E-state index contributed by atoms with van der Waals surface area (Å²) in [6.07, 6.45) is 3.12. The Labute approximate surface area is 120 Å². The van der Waals surface area contributed by atoms with Crippen molar-refractivity contribution in [3.63, 3.8) is 0 Å². The molecule has 2 aromatic rings. The number of aromatic nitrogens is 2. The first-order valence-corrected chi connectivity index (χ1v) is 7.58. The lowest BCUT2D eigenvalue weighted by Crippen LogP contribution is -2.37. The number of rotatable bonds is 8. The van der Waals surface area contributed by atoms with Crippen LogP contribution in [0.1, 0.15) is 32.5 Å².